The molecule has 16 heavy (non-hydrogen) atoms. The highest BCUT2D eigenvalue weighted by Gasteiger charge is 2.26. The minimum Gasteiger partial charge on any atom is -0.353 e. The SMILES string of the molecule is C[C@@H](NC(=O)[C@@H]1CCCNC1)C1CCCC1. The van der Waals surface area contributed by atoms with E-state index < -0.39 is 0 Å². The second kappa shape index (κ2) is 5.67. The van der Waals surface area contributed by atoms with Crippen LogP contribution in [-0.4, -0.2) is 25.0 Å². The fraction of sp³-hybridized carbons (Fsp3) is 0.923. The lowest BCUT2D eigenvalue weighted by molar-refractivity contribution is -0.126. The first kappa shape index (κ1) is 11.9. The Kier molecular flexibility index (Phi) is 4.22. The van der Waals surface area contributed by atoms with E-state index in [2.05, 4.69) is 17.6 Å². The van der Waals surface area contributed by atoms with Crippen molar-refractivity contribution in [1.29, 1.82) is 0 Å². The Labute approximate surface area is 98.4 Å². The highest BCUT2D eigenvalue weighted by atomic mass is 16.2. The summed E-state index contributed by atoms with van der Waals surface area (Å²) in [5.41, 5.74) is 0. The maximum absolute atomic E-state index is 12.0. The van der Waals surface area contributed by atoms with E-state index in [0.29, 0.717) is 6.04 Å². The smallest absolute Gasteiger partial charge is 0.224 e. The van der Waals surface area contributed by atoms with Crippen molar-refractivity contribution < 1.29 is 4.79 Å². The van der Waals surface area contributed by atoms with Crippen LogP contribution in [0.1, 0.15) is 45.4 Å². The van der Waals surface area contributed by atoms with Crippen LogP contribution in [0.5, 0.6) is 0 Å². The molecule has 0 unspecified atom stereocenters. The Hall–Kier alpha value is -0.570. The predicted octanol–water partition coefficient (Wildman–Crippen LogP) is 1.68. The van der Waals surface area contributed by atoms with Crippen molar-refractivity contribution in [1.82, 2.24) is 10.6 Å². The second-order valence-electron chi connectivity index (χ2n) is 5.39. The topological polar surface area (TPSA) is 41.1 Å². The molecule has 92 valence electrons. The van der Waals surface area contributed by atoms with Gasteiger partial charge in [0.2, 0.25) is 5.91 Å². The van der Waals surface area contributed by atoms with Gasteiger partial charge in [-0.1, -0.05) is 12.8 Å². The third-order valence-corrected chi connectivity index (χ3v) is 4.14. The van der Waals surface area contributed by atoms with Crippen LogP contribution in [0.4, 0.5) is 0 Å². The minimum absolute atomic E-state index is 0.206. The van der Waals surface area contributed by atoms with E-state index in [1.165, 1.54) is 25.7 Å². The van der Waals surface area contributed by atoms with Crippen LogP contribution in [0.3, 0.4) is 0 Å². The number of rotatable bonds is 3. The highest BCUT2D eigenvalue weighted by Crippen LogP contribution is 2.27. The van der Waals surface area contributed by atoms with Crippen molar-refractivity contribution in [3.8, 4) is 0 Å². The molecule has 1 amide bonds. The van der Waals surface area contributed by atoms with Crippen molar-refractivity contribution in [3.63, 3.8) is 0 Å². The molecule has 0 spiro atoms. The van der Waals surface area contributed by atoms with Crippen molar-refractivity contribution in [2.24, 2.45) is 11.8 Å². The van der Waals surface area contributed by atoms with E-state index >= 15 is 0 Å². The zero-order valence-electron chi connectivity index (χ0n) is 10.3. The Morgan fingerprint density at radius 1 is 1.25 bits per heavy atom. The van der Waals surface area contributed by atoms with Gasteiger partial charge in [-0.2, -0.15) is 0 Å². The molecule has 3 heteroatoms. The summed E-state index contributed by atoms with van der Waals surface area (Å²) in [5, 5.41) is 6.51. The van der Waals surface area contributed by atoms with Crippen LogP contribution in [-0.2, 0) is 4.79 Å². The van der Waals surface area contributed by atoms with Gasteiger partial charge in [-0.25, -0.2) is 0 Å². The van der Waals surface area contributed by atoms with Crippen LogP contribution in [0, 0.1) is 11.8 Å². The molecule has 2 aliphatic rings. The van der Waals surface area contributed by atoms with Crippen molar-refractivity contribution in [2.75, 3.05) is 13.1 Å². The van der Waals surface area contributed by atoms with E-state index in [1.807, 2.05) is 0 Å². The number of piperidine rings is 1. The number of hydrogen-bond donors (Lipinski definition) is 2. The van der Waals surface area contributed by atoms with E-state index in [9.17, 15) is 4.79 Å². The number of hydrogen-bond acceptors (Lipinski definition) is 2. The Balaban J connectivity index is 1.76. The molecule has 1 aliphatic carbocycles. The molecule has 0 bridgehead atoms. The molecular weight excluding hydrogens is 200 g/mol. The Morgan fingerprint density at radius 2 is 2.00 bits per heavy atom. The van der Waals surface area contributed by atoms with Gasteiger partial charge in [0, 0.05) is 12.6 Å². The highest BCUT2D eigenvalue weighted by molar-refractivity contribution is 5.79. The van der Waals surface area contributed by atoms with Gasteiger partial charge in [0.25, 0.3) is 0 Å². The first-order valence-corrected chi connectivity index (χ1v) is 6.78. The number of carbonyl (C=O) groups excluding carboxylic acids is 1. The molecule has 2 N–H and O–H groups in total. The summed E-state index contributed by atoms with van der Waals surface area (Å²) in [6, 6.07) is 0.372. The van der Waals surface area contributed by atoms with Gasteiger partial charge in [0.05, 0.1) is 5.92 Å². The molecule has 1 aliphatic heterocycles. The van der Waals surface area contributed by atoms with Gasteiger partial charge >= 0.3 is 0 Å². The van der Waals surface area contributed by atoms with E-state index in [4.69, 9.17) is 0 Å². The molecular formula is C13H24N2O. The van der Waals surface area contributed by atoms with Crippen LogP contribution in [0.25, 0.3) is 0 Å². The molecule has 2 atom stereocenters. The molecule has 1 heterocycles. The largest absolute Gasteiger partial charge is 0.353 e. The first-order chi connectivity index (χ1) is 7.77. The van der Waals surface area contributed by atoms with Crippen LogP contribution < -0.4 is 10.6 Å². The number of nitrogens with one attached hydrogen (secondary N) is 2. The fourth-order valence-corrected chi connectivity index (χ4v) is 2.99. The molecule has 0 aromatic rings. The fourth-order valence-electron chi connectivity index (χ4n) is 2.99. The quantitative estimate of drug-likeness (QED) is 0.766. The van der Waals surface area contributed by atoms with Crippen molar-refractivity contribution in [3.05, 3.63) is 0 Å². The molecule has 2 rings (SSSR count). The van der Waals surface area contributed by atoms with Gasteiger partial charge in [-0.05, 0) is 45.1 Å². The van der Waals surface area contributed by atoms with Gasteiger partial charge in [-0.3, -0.25) is 4.79 Å². The summed E-state index contributed by atoms with van der Waals surface area (Å²) in [4.78, 5) is 12.0. The third-order valence-electron chi connectivity index (χ3n) is 4.14. The zero-order valence-corrected chi connectivity index (χ0v) is 10.3. The standard InChI is InChI=1S/C13H24N2O/c1-10(11-5-2-3-6-11)15-13(16)12-7-4-8-14-9-12/h10-12,14H,2-9H2,1H3,(H,15,16)/t10-,12-/m1/s1. The summed E-state index contributed by atoms with van der Waals surface area (Å²) >= 11 is 0. The monoisotopic (exact) mass is 224 g/mol. The molecule has 0 aromatic heterocycles. The van der Waals surface area contributed by atoms with Crippen LogP contribution in [0.15, 0.2) is 0 Å². The third kappa shape index (κ3) is 2.97. The van der Waals surface area contributed by atoms with Crippen LogP contribution >= 0.6 is 0 Å². The average Bonchev–Trinajstić information content (AvgIpc) is 2.83. The van der Waals surface area contributed by atoms with E-state index in [0.717, 1.165) is 31.8 Å². The van der Waals surface area contributed by atoms with Gasteiger partial charge < -0.3 is 10.6 Å². The molecule has 3 nitrogen and oxygen atoms in total. The summed E-state index contributed by atoms with van der Waals surface area (Å²) in [6.07, 6.45) is 7.46. The summed E-state index contributed by atoms with van der Waals surface area (Å²) < 4.78 is 0. The van der Waals surface area contributed by atoms with Gasteiger partial charge in [-0.15, -0.1) is 0 Å². The lowest BCUT2D eigenvalue weighted by Gasteiger charge is -2.26. The summed E-state index contributed by atoms with van der Waals surface area (Å²) in [6.45, 7) is 4.11. The maximum Gasteiger partial charge on any atom is 0.224 e. The minimum atomic E-state index is 0.206. The Morgan fingerprint density at radius 3 is 2.62 bits per heavy atom. The predicted molar refractivity (Wildman–Crippen MR) is 65.2 cm³/mol. The van der Waals surface area contributed by atoms with Gasteiger partial charge in [0.15, 0.2) is 0 Å². The molecule has 0 radical (unpaired) electrons. The van der Waals surface area contributed by atoms with E-state index in [1.54, 1.807) is 0 Å². The summed E-state index contributed by atoms with van der Waals surface area (Å²) in [7, 11) is 0. The Bertz CT molecular complexity index is 230. The lowest BCUT2D eigenvalue weighted by Crippen LogP contribution is -2.45. The first-order valence-electron chi connectivity index (χ1n) is 6.78. The van der Waals surface area contributed by atoms with Crippen molar-refractivity contribution >= 4 is 5.91 Å². The average molecular weight is 224 g/mol. The second-order valence-corrected chi connectivity index (χ2v) is 5.39. The molecule has 2 fully saturated rings. The summed E-state index contributed by atoms with van der Waals surface area (Å²) in [5.74, 6) is 1.20. The van der Waals surface area contributed by atoms with Crippen molar-refractivity contribution in [2.45, 2.75) is 51.5 Å². The van der Waals surface area contributed by atoms with Gasteiger partial charge in [0.1, 0.15) is 0 Å². The zero-order chi connectivity index (χ0) is 11.4. The molecule has 0 aromatic carbocycles. The molecule has 1 saturated carbocycles. The number of carbonyl (C=O) groups is 1. The van der Waals surface area contributed by atoms with Crippen LogP contribution in [0.2, 0.25) is 0 Å². The number of amides is 1. The maximum atomic E-state index is 12.0. The van der Waals surface area contributed by atoms with E-state index in [-0.39, 0.29) is 11.8 Å². The normalized spacial score (nSPS) is 28.9. The molecule has 1 saturated heterocycles. The lowest BCUT2D eigenvalue weighted by atomic mass is 9.96.